The Hall–Kier alpha value is -5.76. The number of aryl methyl sites for hydroxylation is 1. The Balaban J connectivity index is 0.650. The van der Waals surface area contributed by atoms with Gasteiger partial charge >= 0.3 is 0 Å². The summed E-state index contributed by atoms with van der Waals surface area (Å²) in [7, 11) is 0. The van der Waals surface area contributed by atoms with Crippen LogP contribution in [0.3, 0.4) is 0 Å². The third-order valence-electron chi connectivity index (χ3n) is 14.8. The highest BCUT2D eigenvalue weighted by molar-refractivity contribution is 6.31. The van der Waals surface area contributed by atoms with Crippen LogP contribution in [0.1, 0.15) is 118 Å². The smallest absolute Gasteiger partial charge is 0.272 e. The maximum Gasteiger partial charge on any atom is 0.272 e. The van der Waals surface area contributed by atoms with Gasteiger partial charge < -0.3 is 39.9 Å². The van der Waals surface area contributed by atoms with Gasteiger partial charge in [-0.05, 0) is 145 Å². The summed E-state index contributed by atoms with van der Waals surface area (Å²) in [5.74, 6) is 5.11. The molecule has 3 N–H and O–H groups in total. The molecule has 366 valence electrons. The van der Waals surface area contributed by atoms with Crippen molar-refractivity contribution in [3.63, 3.8) is 0 Å². The van der Waals surface area contributed by atoms with Crippen LogP contribution in [0.2, 0.25) is 5.02 Å². The van der Waals surface area contributed by atoms with Gasteiger partial charge in [0, 0.05) is 81.4 Å². The van der Waals surface area contributed by atoms with E-state index in [0.717, 1.165) is 144 Å². The van der Waals surface area contributed by atoms with Crippen molar-refractivity contribution in [2.75, 3.05) is 67.6 Å². The van der Waals surface area contributed by atoms with Crippen molar-refractivity contribution in [3.8, 4) is 17.7 Å². The van der Waals surface area contributed by atoms with Crippen LogP contribution in [-0.4, -0.2) is 116 Å². The van der Waals surface area contributed by atoms with Gasteiger partial charge in [0.1, 0.15) is 23.5 Å². The van der Waals surface area contributed by atoms with Crippen LogP contribution in [0.4, 0.5) is 17.5 Å². The fourth-order valence-corrected chi connectivity index (χ4v) is 10.8. The van der Waals surface area contributed by atoms with Crippen molar-refractivity contribution in [1.29, 1.82) is 5.26 Å². The van der Waals surface area contributed by atoms with E-state index in [9.17, 15) is 9.90 Å². The number of aromatic nitrogens is 6. The average molecular weight is 960 g/mol. The van der Waals surface area contributed by atoms with Crippen molar-refractivity contribution < 1.29 is 19.4 Å². The molecule has 1 aromatic carbocycles. The Kier molecular flexibility index (Phi) is 16.3. The Morgan fingerprint density at radius 1 is 0.884 bits per heavy atom. The molecule has 1 atom stereocenters. The highest BCUT2D eigenvalue weighted by Crippen LogP contribution is 2.31. The Morgan fingerprint density at radius 2 is 1.71 bits per heavy atom. The van der Waals surface area contributed by atoms with Crippen molar-refractivity contribution in [1.82, 2.24) is 40.0 Å². The highest BCUT2D eigenvalue weighted by atomic mass is 35.5. The van der Waals surface area contributed by atoms with Crippen LogP contribution in [0.25, 0.3) is 5.65 Å². The van der Waals surface area contributed by atoms with E-state index in [1.165, 1.54) is 19.3 Å². The number of halogens is 1. The molecule has 7 heterocycles. The largest absolute Gasteiger partial charge is 0.490 e. The first-order chi connectivity index (χ1) is 33.8. The number of benzene rings is 1. The Morgan fingerprint density at radius 3 is 2.43 bits per heavy atom. The quantitative estimate of drug-likeness (QED) is 0.0772. The third-order valence-corrected chi connectivity index (χ3v) is 15.1. The minimum atomic E-state index is -0.194. The lowest BCUT2D eigenvalue weighted by molar-refractivity contribution is 0.0888. The predicted molar refractivity (Wildman–Crippen MR) is 267 cm³/mol. The maximum absolute atomic E-state index is 13.1. The van der Waals surface area contributed by atoms with Crippen molar-refractivity contribution in [2.45, 2.75) is 122 Å². The lowest BCUT2D eigenvalue weighted by atomic mass is 9.91. The number of amides is 1. The van der Waals surface area contributed by atoms with Crippen LogP contribution in [0, 0.1) is 23.2 Å². The summed E-state index contributed by atoms with van der Waals surface area (Å²) in [4.78, 5) is 30.1. The van der Waals surface area contributed by atoms with E-state index in [2.05, 4.69) is 70.7 Å². The number of hydrogen-bond acceptors (Lipinski definition) is 14. The molecule has 1 unspecified atom stereocenters. The summed E-state index contributed by atoms with van der Waals surface area (Å²) in [6.45, 7) is 9.81. The minimum Gasteiger partial charge on any atom is -0.490 e. The molecule has 0 bridgehead atoms. The summed E-state index contributed by atoms with van der Waals surface area (Å²) >= 11 is 6.17. The van der Waals surface area contributed by atoms with E-state index in [-0.39, 0.29) is 24.7 Å². The van der Waals surface area contributed by atoms with Crippen LogP contribution >= 0.6 is 11.6 Å². The molecule has 4 aliphatic rings. The molecule has 0 radical (unpaired) electrons. The van der Waals surface area contributed by atoms with Gasteiger partial charge in [-0.3, -0.25) is 4.79 Å². The zero-order valence-electron chi connectivity index (χ0n) is 39.9. The molecular weight excluding hydrogens is 892 g/mol. The van der Waals surface area contributed by atoms with E-state index in [0.29, 0.717) is 58.9 Å². The number of nitrogens with zero attached hydrogens (tertiary/aromatic N) is 10. The van der Waals surface area contributed by atoms with E-state index in [1.54, 1.807) is 24.3 Å². The molecule has 5 aromatic rings. The van der Waals surface area contributed by atoms with Gasteiger partial charge in [0.15, 0.2) is 17.2 Å². The minimum absolute atomic E-state index is 0.0384. The summed E-state index contributed by atoms with van der Waals surface area (Å²) in [5.41, 5.74) is 3.82. The number of carbonyl (C=O) groups excluding carboxylic acids is 1. The first-order valence-corrected chi connectivity index (χ1v) is 25.7. The molecule has 1 amide bonds. The summed E-state index contributed by atoms with van der Waals surface area (Å²) < 4.78 is 14.2. The molecule has 3 saturated heterocycles. The number of aliphatic hydroxyl groups is 1. The summed E-state index contributed by atoms with van der Waals surface area (Å²) in [5, 5.41) is 39.5. The fourth-order valence-electron chi connectivity index (χ4n) is 10.6. The van der Waals surface area contributed by atoms with E-state index in [4.69, 9.17) is 31.3 Å². The zero-order chi connectivity index (χ0) is 47.5. The average Bonchev–Trinajstić information content (AvgIpc) is 3.81. The molecule has 16 nitrogen and oxygen atoms in total. The van der Waals surface area contributed by atoms with Gasteiger partial charge in [0.05, 0.1) is 29.5 Å². The fraction of sp³-hybridized carbons (Fsp3) is 0.558. The number of aliphatic hydroxyl groups excluding tert-OH is 1. The number of ether oxygens (including phenoxy) is 2. The second-order valence-corrected chi connectivity index (χ2v) is 19.8. The maximum atomic E-state index is 13.1. The van der Waals surface area contributed by atoms with Crippen molar-refractivity contribution >= 4 is 40.6 Å². The second kappa shape index (κ2) is 23.2. The molecule has 4 fully saturated rings. The molecule has 0 spiro atoms. The lowest BCUT2D eigenvalue weighted by Crippen LogP contribution is -2.42. The van der Waals surface area contributed by atoms with Gasteiger partial charge in [0.25, 0.3) is 5.91 Å². The van der Waals surface area contributed by atoms with E-state index < -0.39 is 0 Å². The molecule has 1 saturated carbocycles. The SMILES string of the molecule is CCc1cnn2c(NCc3ccc(OCCC4CCN(CC5CCN(c6ccc(C(=O)N[C@H]7CC[C@H](Oc8ccc(C#N)c(Cl)c8)CC7)nn6)CC5)CC4)nc3)cc(N3CCCCC3CCO)nc12. The molecule has 4 aromatic heterocycles. The van der Waals surface area contributed by atoms with Crippen molar-refractivity contribution in [2.24, 2.45) is 11.8 Å². The van der Waals surface area contributed by atoms with E-state index in [1.807, 2.05) is 29.0 Å². The number of rotatable bonds is 18. The number of nitriles is 1. The monoisotopic (exact) mass is 959 g/mol. The molecule has 1 aliphatic carbocycles. The number of nitrogens with one attached hydrogen (secondary N) is 2. The van der Waals surface area contributed by atoms with E-state index >= 15 is 0 Å². The number of pyridine rings is 1. The predicted octanol–water partition coefficient (Wildman–Crippen LogP) is 7.87. The normalized spacial score (nSPS) is 20.7. The van der Waals surface area contributed by atoms with Crippen LogP contribution in [0.5, 0.6) is 11.6 Å². The molecule has 17 heteroatoms. The first-order valence-electron chi connectivity index (χ1n) is 25.4. The lowest BCUT2D eigenvalue weighted by Gasteiger charge is -2.38. The van der Waals surface area contributed by atoms with Gasteiger partial charge in [-0.1, -0.05) is 24.6 Å². The number of carbonyl (C=O) groups is 1. The van der Waals surface area contributed by atoms with Gasteiger partial charge in [-0.15, -0.1) is 10.2 Å². The van der Waals surface area contributed by atoms with Crippen LogP contribution in [-0.2, 0) is 13.0 Å². The Bertz CT molecular complexity index is 2490. The molecular formula is C52H67ClN12O4. The second-order valence-electron chi connectivity index (χ2n) is 19.4. The number of piperidine rings is 3. The third kappa shape index (κ3) is 12.3. The Labute approximate surface area is 410 Å². The zero-order valence-corrected chi connectivity index (χ0v) is 40.7. The molecule has 9 rings (SSSR count). The van der Waals surface area contributed by atoms with Crippen LogP contribution in [0.15, 0.2) is 60.9 Å². The van der Waals surface area contributed by atoms with Crippen LogP contribution < -0.4 is 29.9 Å². The topological polar surface area (TPSA) is 182 Å². The summed E-state index contributed by atoms with van der Waals surface area (Å²) in [6, 6.07) is 17.4. The van der Waals surface area contributed by atoms with Gasteiger partial charge in [-0.2, -0.15) is 14.9 Å². The molecule has 69 heavy (non-hydrogen) atoms. The number of hydrogen-bond donors (Lipinski definition) is 3. The van der Waals surface area contributed by atoms with Gasteiger partial charge in [0.2, 0.25) is 5.88 Å². The number of fused-ring (bicyclic) bond motifs is 1. The number of likely N-dealkylation sites (tertiary alicyclic amines) is 1. The molecule has 3 aliphatic heterocycles. The standard InChI is InChI=1S/C52H67ClN12O4/c1-2-39-34-57-65-48(30-49(59-51(39)65)64-22-4-3-5-42(64)20-27-66)55-32-38-6-15-50(56-33-38)68-28-21-36-16-23-62(24-17-36)35-37-18-25-63(26-19-37)47-14-13-46(60-61-47)52(67)58-41-8-11-43(12-9-41)69-44-10-7-40(31-54)45(53)29-44/h6-7,10,13-15,29-30,33-34,36-37,41-43,55,66H,2-5,8-9,11-12,16-28,32,35H2,1H3,(H,58,67)/t41-,42?,43-. The summed E-state index contributed by atoms with van der Waals surface area (Å²) in [6.07, 6.45) is 17.7. The first kappa shape index (κ1) is 48.3. The number of anilines is 3. The van der Waals surface area contributed by atoms with Crippen molar-refractivity contribution in [3.05, 3.63) is 88.3 Å². The highest BCUT2D eigenvalue weighted by Gasteiger charge is 2.29. The van der Waals surface area contributed by atoms with Gasteiger partial charge in [-0.25, -0.2) is 9.97 Å².